The molecule has 100 valence electrons. The van der Waals surface area contributed by atoms with Crippen molar-refractivity contribution in [3.8, 4) is 0 Å². The molecular weight excluding hydrogens is 310 g/mol. The summed E-state index contributed by atoms with van der Waals surface area (Å²) in [7, 11) is 1.33. The number of carbonyl (C=O) groups is 1. The van der Waals surface area contributed by atoms with Gasteiger partial charge in [0.05, 0.1) is 13.4 Å². The van der Waals surface area contributed by atoms with Gasteiger partial charge in [-0.3, -0.25) is 0 Å². The lowest BCUT2D eigenvalue weighted by atomic mass is 10.2. The van der Waals surface area contributed by atoms with E-state index in [1.807, 2.05) is 25.1 Å². The molecule has 0 aliphatic carbocycles. The van der Waals surface area contributed by atoms with Gasteiger partial charge >= 0.3 is 5.97 Å². The molecule has 1 aromatic carbocycles. The molecule has 0 radical (unpaired) electrons. The van der Waals surface area contributed by atoms with Crippen molar-refractivity contribution in [3.63, 3.8) is 0 Å². The van der Waals surface area contributed by atoms with Gasteiger partial charge in [0.1, 0.15) is 0 Å². The van der Waals surface area contributed by atoms with Crippen molar-refractivity contribution in [2.24, 2.45) is 0 Å². The number of rotatable bonds is 4. The summed E-state index contributed by atoms with van der Waals surface area (Å²) in [6.45, 7) is 2.52. The number of carbonyl (C=O) groups excluding carboxylic acids is 1. The molecule has 0 bridgehead atoms. The van der Waals surface area contributed by atoms with E-state index in [0.29, 0.717) is 6.54 Å². The second-order valence-corrected chi connectivity index (χ2v) is 5.00. The van der Waals surface area contributed by atoms with Gasteiger partial charge < -0.3 is 14.5 Å². The smallest absolute Gasteiger partial charge is 0.374 e. The van der Waals surface area contributed by atoms with Crippen molar-refractivity contribution in [3.05, 3.63) is 51.9 Å². The van der Waals surface area contributed by atoms with Gasteiger partial charge in [-0.1, -0.05) is 15.9 Å². The summed E-state index contributed by atoms with van der Waals surface area (Å²) in [5.41, 5.74) is 2.91. The quantitative estimate of drug-likeness (QED) is 0.870. The van der Waals surface area contributed by atoms with Crippen molar-refractivity contribution < 1.29 is 13.9 Å². The molecule has 5 heteroatoms. The maximum Gasteiger partial charge on any atom is 0.374 e. The fourth-order valence-corrected chi connectivity index (χ4v) is 2.24. The average molecular weight is 324 g/mol. The lowest BCUT2D eigenvalue weighted by molar-refractivity contribution is 0.0563. The molecule has 1 heterocycles. The molecule has 0 saturated carbocycles. The Morgan fingerprint density at radius 3 is 2.89 bits per heavy atom. The Kier molecular flexibility index (Phi) is 4.27. The number of nitrogens with one attached hydrogen (secondary N) is 1. The lowest BCUT2D eigenvalue weighted by Crippen LogP contribution is -2.07. The van der Waals surface area contributed by atoms with Crippen molar-refractivity contribution >= 4 is 27.6 Å². The van der Waals surface area contributed by atoms with E-state index < -0.39 is 5.97 Å². The third kappa shape index (κ3) is 3.17. The van der Waals surface area contributed by atoms with Gasteiger partial charge in [0, 0.05) is 22.3 Å². The number of ether oxygens (including phenoxy) is 1. The first-order chi connectivity index (χ1) is 9.11. The van der Waals surface area contributed by atoms with Gasteiger partial charge in [0.25, 0.3) is 0 Å². The van der Waals surface area contributed by atoms with E-state index in [0.717, 1.165) is 21.3 Å². The van der Waals surface area contributed by atoms with E-state index in [1.54, 1.807) is 6.07 Å². The zero-order valence-electron chi connectivity index (χ0n) is 10.7. The molecule has 0 aliphatic rings. The zero-order valence-corrected chi connectivity index (χ0v) is 12.3. The monoisotopic (exact) mass is 323 g/mol. The average Bonchev–Trinajstić information content (AvgIpc) is 2.85. The van der Waals surface area contributed by atoms with E-state index in [1.165, 1.54) is 13.4 Å². The summed E-state index contributed by atoms with van der Waals surface area (Å²) in [6, 6.07) is 7.73. The predicted molar refractivity (Wildman–Crippen MR) is 76.3 cm³/mol. The molecule has 0 saturated heterocycles. The van der Waals surface area contributed by atoms with E-state index >= 15 is 0 Å². The SMILES string of the molecule is COC(=O)c1occc1CNc1ccc(Br)cc1C. The van der Waals surface area contributed by atoms with E-state index in [4.69, 9.17) is 4.42 Å². The first-order valence-corrected chi connectivity index (χ1v) is 6.56. The summed E-state index contributed by atoms with van der Waals surface area (Å²) in [6.07, 6.45) is 1.48. The van der Waals surface area contributed by atoms with E-state index in [-0.39, 0.29) is 5.76 Å². The molecule has 1 N–H and O–H groups in total. The standard InChI is InChI=1S/C14H14BrNO3/c1-9-7-11(15)3-4-12(9)16-8-10-5-6-19-13(10)14(17)18-2/h3-7,16H,8H2,1-2H3. The van der Waals surface area contributed by atoms with Crippen LogP contribution in [0.1, 0.15) is 21.7 Å². The largest absolute Gasteiger partial charge is 0.463 e. The van der Waals surface area contributed by atoms with Crippen molar-refractivity contribution in [2.75, 3.05) is 12.4 Å². The van der Waals surface area contributed by atoms with Crippen LogP contribution in [-0.4, -0.2) is 13.1 Å². The van der Waals surface area contributed by atoms with Crippen LogP contribution in [0, 0.1) is 6.92 Å². The van der Waals surface area contributed by atoms with Crippen LogP contribution >= 0.6 is 15.9 Å². The summed E-state index contributed by atoms with van der Waals surface area (Å²) in [5.74, 6) is -0.223. The van der Waals surface area contributed by atoms with Crippen LogP contribution in [0.2, 0.25) is 0 Å². The Morgan fingerprint density at radius 2 is 2.21 bits per heavy atom. The number of halogens is 1. The third-order valence-corrected chi connectivity index (χ3v) is 3.27. The Morgan fingerprint density at radius 1 is 1.42 bits per heavy atom. The maximum atomic E-state index is 11.5. The number of hydrogen-bond acceptors (Lipinski definition) is 4. The number of furan rings is 1. The molecule has 0 atom stereocenters. The molecule has 0 spiro atoms. The summed E-state index contributed by atoms with van der Waals surface area (Å²) in [5, 5.41) is 3.27. The first-order valence-electron chi connectivity index (χ1n) is 5.76. The number of anilines is 1. The second-order valence-electron chi connectivity index (χ2n) is 4.08. The first kappa shape index (κ1) is 13.7. The number of esters is 1. The van der Waals surface area contributed by atoms with Crippen LogP contribution < -0.4 is 5.32 Å². The third-order valence-electron chi connectivity index (χ3n) is 2.78. The van der Waals surface area contributed by atoms with E-state index in [9.17, 15) is 4.79 Å². The number of methoxy groups -OCH3 is 1. The molecule has 4 nitrogen and oxygen atoms in total. The lowest BCUT2D eigenvalue weighted by Gasteiger charge is -2.09. The van der Waals surface area contributed by atoms with Crippen LogP contribution in [0.3, 0.4) is 0 Å². The van der Waals surface area contributed by atoms with E-state index in [2.05, 4.69) is 26.0 Å². The van der Waals surface area contributed by atoms with Crippen LogP contribution in [0.5, 0.6) is 0 Å². The molecule has 2 rings (SSSR count). The van der Waals surface area contributed by atoms with Crippen molar-refractivity contribution in [1.82, 2.24) is 0 Å². The normalized spacial score (nSPS) is 10.3. The molecule has 2 aromatic rings. The molecule has 0 amide bonds. The Balaban J connectivity index is 2.10. The minimum atomic E-state index is -0.464. The summed E-state index contributed by atoms with van der Waals surface area (Å²) in [4.78, 5) is 11.5. The molecule has 0 unspecified atom stereocenters. The van der Waals surface area contributed by atoms with Gasteiger partial charge in [0.15, 0.2) is 0 Å². The van der Waals surface area contributed by atoms with Gasteiger partial charge in [0.2, 0.25) is 5.76 Å². The van der Waals surface area contributed by atoms with Crippen molar-refractivity contribution in [2.45, 2.75) is 13.5 Å². The van der Waals surface area contributed by atoms with Gasteiger partial charge in [-0.25, -0.2) is 4.79 Å². The minimum Gasteiger partial charge on any atom is -0.463 e. The Labute approximate surface area is 119 Å². The minimum absolute atomic E-state index is 0.241. The Hall–Kier alpha value is -1.75. The molecule has 19 heavy (non-hydrogen) atoms. The molecule has 0 fully saturated rings. The number of hydrogen-bond donors (Lipinski definition) is 1. The Bertz CT molecular complexity index is 592. The van der Waals surface area contributed by atoms with Crippen LogP contribution in [0.25, 0.3) is 0 Å². The summed E-state index contributed by atoms with van der Waals surface area (Å²) >= 11 is 3.42. The number of aryl methyl sites for hydroxylation is 1. The highest BCUT2D eigenvalue weighted by Crippen LogP contribution is 2.21. The number of benzene rings is 1. The zero-order chi connectivity index (χ0) is 13.8. The highest BCUT2D eigenvalue weighted by molar-refractivity contribution is 9.10. The molecule has 1 aromatic heterocycles. The highest BCUT2D eigenvalue weighted by atomic mass is 79.9. The molecule has 0 aliphatic heterocycles. The van der Waals surface area contributed by atoms with Crippen LogP contribution in [0.15, 0.2) is 39.4 Å². The predicted octanol–water partition coefficient (Wildman–Crippen LogP) is 3.75. The second kappa shape index (κ2) is 5.93. The van der Waals surface area contributed by atoms with Crippen LogP contribution in [0.4, 0.5) is 5.69 Å². The topological polar surface area (TPSA) is 51.5 Å². The highest BCUT2D eigenvalue weighted by Gasteiger charge is 2.15. The van der Waals surface area contributed by atoms with Gasteiger partial charge in [-0.15, -0.1) is 0 Å². The van der Waals surface area contributed by atoms with Gasteiger partial charge in [-0.05, 0) is 36.8 Å². The summed E-state index contributed by atoms with van der Waals surface area (Å²) < 4.78 is 10.8. The van der Waals surface area contributed by atoms with Crippen molar-refractivity contribution in [1.29, 1.82) is 0 Å². The maximum absolute atomic E-state index is 11.5. The fraction of sp³-hybridized carbons (Fsp3) is 0.214. The van der Waals surface area contributed by atoms with Crippen LogP contribution in [-0.2, 0) is 11.3 Å². The molecular formula is C14H14BrNO3. The van der Waals surface area contributed by atoms with Gasteiger partial charge in [-0.2, -0.15) is 0 Å². The fourth-order valence-electron chi connectivity index (χ4n) is 1.76.